The predicted octanol–water partition coefficient (Wildman–Crippen LogP) is 4.64. The first-order chi connectivity index (χ1) is 8.69. The van der Waals surface area contributed by atoms with Crippen molar-refractivity contribution in [2.24, 2.45) is 0 Å². The Morgan fingerprint density at radius 2 is 1.94 bits per heavy atom. The Morgan fingerprint density at radius 3 is 2.67 bits per heavy atom. The minimum absolute atomic E-state index is 0.497. The van der Waals surface area contributed by atoms with Crippen molar-refractivity contribution in [3.63, 3.8) is 0 Å². The molecule has 0 saturated heterocycles. The van der Waals surface area contributed by atoms with Gasteiger partial charge in [0.1, 0.15) is 11.0 Å². The largest absolute Gasteiger partial charge is 0.237 e. The van der Waals surface area contributed by atoms with Crippen molar-refractivity contribution in [3.05, 3.63) is 52.0 Å². The zero-order chi connectivity index (χ0) is 13.0. The van der Waals surface area contributed by atoms with E-state index in [-0.39, 0.29) is 0 Å². The first-order valence-electron chi connectivity index (χ1n) is 5.58. The summed E-state index contributed by atoms with van der Waals surface area (Å²) in [6, 6.07) is 9.53. The van der Waals surface area contributed by atoms with E-state index in [2.05, 4.69) is 9.97 Å². The molecule has 5 heteroatoms. The standard InChI is InChI=1S/C13H12Cl2N2S/c1-2-9-7-12(15)17-13(16-9)8-18-11-6-4-3-5-10(11)14/h3-7H,2,8H2,1H3. The van der Waals surface area contributed by atoms with Crippen LogP contribution in [0.3, 0.4) is 0 Å². The molecule has 2 rings (SSSR count). The van der Waals surface area contributed by atoms with Crippen LogP contribution in [0, 0.1) is 0 Å². The van der Waals surface area contributed by atoms with Gasteiger partial charge < -0.3 is 0 Å². The molecular weight excluding hydrogens is 287 g/mol. The summed E-state index contributed by atoms with van der Waals surface area (Å²) in [6.07, 6.45) is 0.853. The molecule has 2 aromatic rings. The number of aryl methyl sites for hydroxylation is 1. The number of rotatable bonds is 4. The van der Waals surface area contributed by atoms with Crippen LogP contribution in [0.5, 0.6) is 0 Å². The van der Waals surface area contributed by atoms with E-state index in [1.54, 1.807) is 17.8 Å². The van der Waals surface area contributed by atoms with Gasteiger partial charge >= 0.3 is 0 Å². The molecule has 0 fully saturated rings. The predicted molar refractivity (Wildman–Crippen MR) is 77.4 cm³/mol. The lowest BCUT2D eigenvalue weighted by atomic mass is 10.3. The first-order valence-corrected chi connectivity index (χ1v) is 7.33. The third-order valence-corrected chi connectivity index (χ3v) is 4.05. The fraction of sp³-hybridized carbons (Fsp3) is 0.231. The Hall–Kier alpha value is -0.770. The maximum atomic E-state index is 6.09. The van der Waals surface area contributed by atoms with Gasteiger partial charge in [0.25, 0.3) is 0 Å². The fourth-order valence-corrected chi connectivity index (χ4v) is 2.78. The monoisotopic (exact) mass is 298 g/mol. The lowest BCUT2D eigenvalue weighted by Crippen LogP contribution is -1.97. The van der Waals surface area contributed by atoms with Crippen LogP contribution in [0.1, 0.15) is 18.4 Å². The van der Waals surface area contributed by atoms with Crippen LogP contribution in [-0.2, 0) is 12.2 Å². The van der Waals surface area contributed by atoms with Gasteiger partial charge in [-0.1, -0.05) is 42.3 Å². The number of nitrogens with zero attached hydrogens (tertiary/aromatic N) is 2. The molecule has 0 N–H and O–H groups in total. The minimum Gasteiger partial charge on any atom is -0.237 e. The third-order valence-electron chi connectivity index (χ3n) is 2.35. The smallest absolute Gasteiger partial charge is 0.140 e. The highest BCUT2D eigenvalue weighted by Gasteiger charge is 2.05. The van der Waals surface area contributed by atoms with Crippen molar-refractivity contribution in [2.75, 3.05) is 0 Å². The van der Waals surface area contributed by atoms with Gasteiger partial charge in [0.2, 0.25) is 0 Å². The molecule has 2 nitrogen and oxygen atoms in total. The van der Waals surface area contributed by atoms with Crippen LogP contribution in [0.15, 0.2) is 35.2 Å². The van der Waals surface area contributed by atoms with Crippen molar-refractivity contribution in [2.45, 2.75) is 24.0 Å². The van der Waals surface area contributed by atoms with Crippen molar-refractivity contribution >= 4 is 35.0 Å². The first kappa shape index (κ1) is 13.7. The molecule has 1 heterocycles. The maximum absolute atomic E-state index is 6.09. The lowest BCUT2D eigenvalue weighted by Gasteiger charge is -2.05. The maximum Gasteiger partial charge on any atom is 0.140 e. The summed E-state index contributed by atoms with van der Waals surface area (Å²) in [5.41, 5.74) is 0.963. The topological polar surface area (TPSA) is 25.8 Å². The average molecular weight is 299 g/mol. The number of benzene rings is 1. The second-order valence-electron chi connectivity index (χ2n) is 3.67. The molecular formula is C13H12Cl2N2S. The van der Waals surface area contributed by atoms with E-state index in [9.17, 15) is 0 Å². The average Bonchev–Trinajstić information content (AvgIpc) is 2.37. The lowest BCUT2D eigenvalue weighted by molar-refractivity contribution is 0.940. The quantitative estimate of drug-likeness (QED) is 0.607. The van der Waals surface area contributed by atoms with E-state index < -0.39 is 0 Å². The Kier molecular flexibility index (Phi) is 4.87. The van der Waals surface area contributed by atoms with Gasteiger partial charge in [-0.2, -0.15) is 0 Å². The normalized spacial score (nSPS) is 10.6. The molecule has 0 unspecified atom stereocenters. The molecule has 94 valence electrons. The van der Waals surface area contributed by atoms with Crippen LogP contribution in [0.2, 0.25) is 10.2 Å². The Bertz CT molecular complexity index is 546. The van der Waals surface area contributed by atoms with Crippen LogP contribution in [0.4, 0.5) is 0 Å². The molecule has 0 aliphatic carbocycles. The van der Waals surface area contributed by atoms with Crippen LogP contribution >= 0.6 is 35.0 Å². The van der Waals surface area contributed by atoms with Crippen molar-refractivity contribution in [3.8, 4) is 0 Å². The summed E-state index contributed by atoms with van der Waals surface area (Å²) < 4.78 is 0. The Labute approximate surface area is 121 Å². The summed E-state index contributed by atoms with van der Waals surface area (Å²) in [5.74, 6) is 1.40. The summed E-state index contributed by atoms with van der Waals surface area (Å²) >= 11 is 13.7. The molecule has 18 heavy (non-hydrogen) atoms. The van der Waals surface area contributed by atoms with Crippen molar-refractivity contribution in [1.82, 2.24) is 9.97 Å². The molecule has 0 bridgehead atoms. The molecule has 0 saturated carbocycles. The van der Waals surface area contributed by atoms with Crippen molar-refractivity contribution in [1.29, 1.82) is 0 Å². The highest BCUT2D eigenvalue weighted by atomic mass is 35.5. The molecule has 0 amide bonds. The molecule has 0 spiro atoms. The van der Waals surface area contributed by atoms with Gasteiger partial charge in [0.05, 0.1) is 10.8 Å². The molecule has 0 aliphatic rings. The molecule has 0 aliphatic heterocycles. The molecule has 1 aromatic heterocycles. The number of aromatic nitrogens is 2. The van der Waals surface area contributed by atoms with Crippen molar-refractivity contribution < 1.29 is 0 Å². The summed E-state index contributed by atoms with van der Waals surface area (Å²) in [7, 11) is 0. The summed E-state index contributed by atoms with van der Waals surface area (Å²) in [5, 5.41) is 1.25. The van der Waals surface area contributed by atoms with E-state index >= 15 is 0 Å². The van der Waals surface area contributed by atoms with Crippen LogP contribution in [0.25, 0.3) is 0 Å². The summed E-state index contributed by atoms with van der Waals surface area (Å²) in [6.45, 7) is 2.05. The van der Waals surface area contributed by atoms with Crippen LogP contribution in [-0.4, -0.2) is 9.97 Å². The number of halogens is 2. The van der Waals surface area contributed by atoms with E-state index in [1.165, 1.54) is 0 Å². The molecule has 1 aromatic carbocycles. The minimum atomic E-state index is 0.497. The zero-order valence-electron chi connectivity index (χ0n) is 9.86. The van der Waals surface area contributed by atoms with Gasteiger partial charge in [-0.3, -0.25) is 0 Å². The van der Waals surface area contributed by atoms with Gasteiger partial charge in [-0.05, 0) is 24.6 Å². The zero-order valence-corrected chi connectivity index (χ0v) is 12.2. The SMILES string of the molecule is CCc1cc(Cl)nc(CSc2ccccc2Cl)n1. The van der Waals surface area contributed by atoms with E-state index in [1.807, 2.05) is 31.2 Å². The number of thioether (sulfide) groups is 1. The van der Waals surface area contributed by atoms with E-state index in [4.69, 9.17) is 23.2 Å². The Balaban J connectivity index is 2.11. The van der Waals surface area contributed by atoms with Gasteiger partial charge in [-0.15, -0.1) is 11.8 Å². The Morgan fingerprint density at radius 1 is 1.17 bits per heavy atom. The number of hydrogen-bond acceptors (Lipinski definition) is 3. The summed E-state index contributed by atoms with van der Waals surface area (Å²) in [4.78, 5) is 9.68. The van der Waals surface area contributed by atoms with Gasteiger partial charge in [0.15, 0.2) is 0 Å². The molecule has 0 atom stereocenters. The van der Waals surface area contributed by atoms with E-state index in [0.29, 0.717) is 10.9 Å². The van der Waals surface area contributed by atoms with Gasteiger partial charge in [0, 0.05) is 10.6 Å². The number of hydrogen-bond donors (Lipinski definition) is 0. The highest BCUT2D eigenvalue weighted by molar-refractivity contribution is 7.98. The van der Waals surface area contributed by atoms with Crippen LogP contribution < -0.4 is 0 Å². The second-order valence-corrected chi connectivity index (χ2v) is 5.48. The van der Waals surface area contributed by atoms with E-state index in [0.717, 1.165) is 27.9 Å². The molecule has 0 radical (unpaired) electrons. The second kappa shape index (κ2) is 6.41. The van der Waals surface area contributed by atoms with Gasteiger partial charge in [-0.25, -0.2) is 9.97 Å². The fourth-order valence-electron chi connectivity index (χ4n) is 1.47. The highest BCUT2D eigenvalue weighted by Crippen LogP contribution is 2.28. The third kappa shape index (κ3) is 3.61.